The van der Waals surface area contributed by atoms with Crippen molar-refractivity contribution in [3.05, 3.63) is 0 Å². The van der Waals surface area contributed by atoms with Crippen molar-refractivity contribution in [1.29, 1.82) is 0 Å². The lowest BCUT2D eigenvalue weighted by Gasteiger charge is -2.20. The van der Waals surface area contributed by atoms with E-state index in [4.69, 9.17) is 14.6 Å². The van der Waals surface area contributed by atoms with E-state index in [1.54, 1.807) is 14.0 Å². The minimum Gasteiger partial charge on any atom is -0.479 e. The van der Waals surface area contributed by atoms with Gasteiger partial charge < -0.3 is 19.5 Å². The third kappa shape index (κ3) is 5.90. The van der Waals surface area contributed by atoms with E-state index < -0.39 is 12.1 Å². The average molecular weight is 205 g/mol. The molecule has 0 aliphatic heterocycles. The van der Waals surface area contributed by atoms with Crippen LogP contribution >= 0.6 is 0 Å². The van der Waals surface area contributed by atoms with Gasteiger partial charge in [0.1, 0.15) is 0 Å². The molecular formula is C9H19NO4. The number of rotatable bonds is 8. The second-order valence-electron chi connectivity index (χ2n) is 3.04. The molecule has 0 radical (unpaired) electrons. The Labute approximate surface area is 84.6 Å². The molecule has 0 rings (SSSR count). The van der Waals surface area contributed by atoms with Crippen LogP contribution in [-0.4, -0.2) is 62.5 Å². The first-order chi connectivity index (χ1) is 6.61. The van der Waals surface area contributed by atoms with Gasteiger partial charge in [0, 0.05) is 26.8 Å². The number of aliphatic carboxylic acids is 1. The van der Waals surface area contributed by atoms with Crippen molar-refractivity contribution in [3.63, 3.8) is 0 Å². The molecule has 0 aromatic heterocycles. The summed E-state index contributed by atoms with van der Waals surface area (Å²) in [5, 5.41) is 8.80. The van der Waals surface area contributed by atoms with Gasteiger partial charge in [-0.3, -0.25) is 0 Å². The van der Waals surface area contributed by atoms with Crippen LogP contribution in [-0.2, 0) is 14.3 Å². The Balaban J connectivity index is 3.83. The summed E-state index contributed by atoms with van der Waals surface area (Å²) in [7, 11) is 3.46. The normalized spacial score (nSPS) is 13.1. The number of hydrogen-bond donors (Lipinski definition) is 1. The van der Waals surface area contributed by atoms with Gasteiger partial charge in [0.2, 0.25) is 0 Å². The van der Waals surface area contributed by atoms with E-state index in [0.29, 0.717) is 26.3 Å². The van der Waals surface area contributed by atoms with E-state index in [1.165, 1.54) is 0 Å². The number of methoxy groups -OCH3 is 1. The van der Waals surface area contributed by atoms with Gasteiger partial charge in [0.25, 0.3) is 0 Å². The molecule has 14 heavy (non-hydrogen) atoms. The molecule has 1 unspecified atom stereocenters. The largest absolute Gasteiger partial charge is 0.479 e. The van der Waals surface area contributed by atoms with Crippen molar-refractivity contribution in [2.45, 2.75) is 13.0 Å². The molecule has 0 aromatic rings. The van der Waals surface area contributed by atoms with E-state index in [2.05, 4.69) is 0 Å². The highest BCUT2D eigenvalue weighted by atomic mass is 16.5. The molecule has 0 saturated carbocycles. The van der Waals surface area contributed by atoms with Crippen LogP contribution in [0.4, 0.5) is 0 Å². The monoisotopic (exact) mass is 205 g/mol. The van der Waals surface area contributed by atoms with Crippen LogP contribution in [0.2, 0.25) is 0 Å². The molecule has 0 spiro atoms. The van der Waals surface area contributed by atoms with Gasteiger partial charge in [-0.2, -0.15) is 0 Å². The Hall–Kier alpha value is -0.650. The maximum Gasteiger partial charge on any atom is 0.334 e. The number of carboxylic acid groups (broad SMARTS) is 1. The van der Waals surface area contributed by atoms with Crippen LogP contribution in [0.15, 0.2) is 0 Å². The molecule has 0 saturated heterocycles. The van der Waals surface area contributed by atoms with Crippen LogP contribution in [0.25, 0.3) is 0 Å². The Morgan fingerprint density at radius 3 is 2.64 bits per heavy atom. The van der Waals surface area contributed by atoms with Gasteiger partial charge in [-0.15, -0.1) is 0 Å². The predicted molar refractivity (Wildman–Crippen MR) is 52.4 cm³/mol. The smallest absolute Gasteiger partial charge is 0.334 e. The Morgan fingerprint density at radius 2 is 2.21 bits per heavy atom. The van der Waals surface area contributed by atoms with Gasteiger partial charge in [0.05, 0.1) is 6.61 Å². The van der Waals surface area contributed by atoms with Crippen molar-refractivity contribution in [2.24, 2.45) is 0 Å². The van der Waals surface area contributed by atoms with Crippen LogP contribution in [0.1, 0.15) is 6.92 Å². The zero-order valence-corrected chi connectivity index (χ0v) is 9.02. The first-order valence-corrected chi connectivity index (χ1v) is 4.63. The number of ether oxygens (including phenoxy) is 2. The summed E-state index contributed by atoms with van der Waals surface area (Å²) in [6.45, 7) is 3.87. The van der Waals surface area contributed by atoms with E-state index in [1.807, 2.05) is 11.9 Å². The summed E-state index contributed by atoms with van der Waals surface area (Å²) in [5.74, 6) is -0.920. The summed E-state index contributed by atoms with van der Waals surface area (Å²) in [5.41, 5.74) is 0. The van der Waals surface area contributed by atoms with Gasteiger partial charge in [0.15, 0.2) is 6.10 Å². The molecule has 0 bridgehead atoms. The molecular weight excluding hydrogens is 186 g/mol. The van der Waals surface area contributed by atoms with E-state index in [-0.39, 0.29) is 0 Å². The molecule has 0 heterocycles. The third-order valence-electron chi connectivity index (χ3n) is 1.80. The molecule has 0 aromatic carbocycles. The van der Waals surface area contributed by atoms with Crippen LogP contribution in [0, 0.1) is 0 Å². The molecule has 1 atom stereocenters. The van der Waals surface area contributed by atoms with Crippen molar-refractivity contribution in [3.8, 4) is 0 Å². The van der Waals surface area contributed by atoms with Crippen molar-refractivity contribution in [1.82, 2.24) is 4.90 Å². The standard InChI is InChI=1S/C9H19NO4/c1-4-14-8(9(11)12)7-10(2)5-6-13-3/h8H,4-7H2,1-3H3,(H,11,12). The second kappa shape index (κ2) is 7.73. The second-order valence-corrected chi connectivity index (χ2v) is 3.04. The first kappa shape index (κ1) is 13.4. The van der Waals surface area contributed by atoms with Crippen molar-refractivity contribution >= 4 is 5.97 Å². The molecule has 0 fully saturated rings. The first-order valence-electron chi connectivity index (χ1n) is 4.63. The SMILES string of the molecule is CCOC(CN(C)CCOC)C(=O)O. The Kier molecular flexibility index (Phi) is 7.37. The number of hydrogen-bond acceptors (Lipinski definition) is 4. The summed E-state index contributed by atoms with van der Waals surface area (Å²) in [6, 6.07) is 0. The third-order valence-corrected chi connectivity index (χ3v) is 1.80. The maximum atomic E-state index is 10.7. The van der Waals surface area contributed by atoms with Crippen LogP contribution in [0.3, 0.4) is 0 Å². The highest BCUT2D eigenvalue weighted by Crippen LogP contribution is 1.96. The summed E-state index contributed by atoms with van der Waals surface area (Å²) in [4.78, 5) is 12.6. The summed E-state index contributed by atoms with van der Waals surface area (Å²) >= 11 is 0. The molecule has 0 amide bonds. The van der Waals surface area contributed by atoms with Gasteiger partial charge in [-0.25, -0.2) is 4.79 Å². The predicted octanol–water partition coefficient (Wildman–Crippen LogP) is 0.0543. The summed E-state index contributed by atoms with van der Waals surface area (Å²) < 4.78 is 9.96. The average Bonchev–Trinajstić information content (AvgIpc) is 2.14. The van der Waals surface area contributed by atoms with Gasteiger partial charge in [-0.05, 0) is 14.0 Å². The van der Waals surface area contributed by atoms with Crippen molar-refractivity contribution in [2.75, 3.05) is 40.5 Å². The van der Waals surface area contributed by atoms with Gasteiger partial charge >= 0.3 is 5.97 Å². The fourth-order valence-electron chi connectivity index (χ4n) is 1.02. The zero-order valence-electron chi connectivity index (χ0n) is 9.02. The van der Waals surface area contributed by atoms with Crippen LogP contribution in [0.5, 0.6) is 0 Å². The molecule has 0 aliphatic rings. The number of carboxylic acids is 1. The van der Waals surface area contributed by atoms with Gasteiger partial charge in [-0.1, -0.05) is 0 Å². The lowest BCUT2D eigenvalue weighted by atomic mass is 10.3. The molecule has 5 heteroatoms. The molecule has 5 nitrogen and oxygen atoms in total. The molecule has 84 valence electrons. The van der Waals surface area contributed by atoms with E-state index >= 15 is 0 Å². The quantitative estimate of drug-likeness (QED) is 0.607. The van der Waals surface area contributed by atoms with E-state index in [0.717, 1.165) is 0 Å². The lowest BCUT2D eigenvalue weighted by Crippen LogP contribution is -2.38. The number of carbonyl (C=O) groups is 1. The van der Waals surface area contributed by atoms with E-state index in [9.17, 15) is 4.79 Å². The maximum absolute atomic E-state index is 10.7. The molecule has 1 N–H and O–H groups in total. The lowest BCUT2D eigenvalue weighted by molar-refractivity contribution is -0.151. The molecule has 0 aliphatic carbocycles. The fourth-order valence-corrected chi connectivity index (χ4v) is 1.02. The number of likely N-dealkylation sites (N-methyl/N-ethyl adjacent to an activating group) is 1. The highest BCUT2D eigenvalue weighted by molar-refractivity contribution is 5.72. The van der Waals surface area contributed by atoms with Crippen LogP contribution < -0.4 is 0 Å². The summed E-state index contributed by atoms with van der Waals surface area (Å²) in [6.07, 6.45) is -0.748. The minimum atomic E-state index is -0.920. The minimum absolute atomic E-state index is 0.381. The fraction of sp³-hybridized carbons (Fsp3) is 0.889. The topological polar surface area (TPSA) is 59.0 Å². The van der Waals surface area contributed by atoms with Crippen molar-refractivity contribution < 1.29 is 19.4 Å². The Bertz CT molecular complexity index is 163. The zero-order chi connectivity index (χ0) is 11.0. The number of nitrogens with zero attached hydrogens (tertiary/aromatic N) is 1. The Morgan fingerprint density at radius 1 is 1.57 bits per heavy atom. The highest BCUT2D eigenvalue weighted by Gasteiger charge is 2.18.